The largest absolute Gasteiger partial charge is 0.376 e. The lowest BCUT2D eigenvalue weighted by molar-refractivity contribution is 0.125. The molecule has 0 spiro atoms. The molecule has 6 aromatic carbocycles. The van der Waals surface area contributed by atoms with Gasteiger partial charge in [0.1, 0.15) is 11.2 Å². The highest BCUT2D eigenvalue weighted by molar-refractivity contribution is 5.54. The average Bonchev–Trinajstić information content (AvgIpc) is 3.08. The van der Waals surface area contributed by atoms with E-state index in [1.54, 1.807) is 0 Å². The summed E-state index contributed by atoms with van der Waals surface area (Å²) >= 11 is 0. The van der Waals surface area contributed by atoms with Gasteiger partial charge in [-0.2, -0.15) is 10.2 Å². The second-order valence-corrected chi connectivity index (χ2v) is 10.2. The molecule has 2 N–H and O–H groups in total. The topological polar surface area (TPSA) is 65.2 Å². The van der Waals surface area contributed by atoms with Crippen molar-refractivity contribution in [3.05, 3.63) is 203 Å². The predicted octanol–water partition coefficient (Wildman–Crippen LogP) is 8.67. The number of rotatable bonds is 8. The van der Waals surface area contributed by atoms with E-state index in [0.29, 0.717) is 22.5 Å². The van der Waals surface area contributed by atoms with E-state index >= 15 is 0 Å². The summed E-state index contributed by atoms with van der Waals surface area (Å²) in [5.41, 5.74) is 2.90. The molecule has 0 heterocycles. The second kappa shape index (κ2) is 11.8. The molecule has 0 amide bonds. The van der Waals surface area contributed by atoms with Gasteiger partial charge in [-0.1, -0.05) is 146 Å². The van der Waals surface area contributed by atoms with Crippen molar-refractivity contribution in [2.24, 2.45) is 10.2 Å². The molecule has 0 atom stereocenters. The zero-order valence-corrected chi connectivity index (χ0v) is 23.0. The molecule has 6 rings (SSSR count). The second-order valence-electron chi connectivity index (χ2n) is 10.2. The van der Waals surface area contributed by atoms with Gasteiger partial charge in [-0.15, -0.1) is 0 Å². The molecule has 6 aromatic rings. The Morgan fingerprint density at radius 2 is 0.571 bits per heavy atom. The van der Waals surface area contributed by atoms with Crippen molar-refractivity contribution >= 4 is 11.4 Å². The first-order valence-corrected chi connectivity index (χ1v) is 13.9. The van der Waals surface area contributed by atoms with Crippen molar-refractivity contribution in [3.63, 3.8) is 0 Å². The maximum atomic E-state index is 12.2. The van der Waals surface area contributed by atoms with Gasteiger partial charge in [0.05, 0.1) is 11.4 Å². The van der Waals surface area contributed by atoms with Gasteiger partial charge in [-0.3, -0.25) is 0 Å². The Morgan fingerprint density at radius 3 is 0.857 bits per heavy atom. The van der Waals surface area contributed by atoms with Gasteiger partial charge in [-0.25, -0.2) is 0 Å². The molecule has 0 unspecified atom stereocenters. The van der Waals surface area contributed by atoms with E-state index in [2.05, 4.69) is 10.2 Å². The van der Waals surface area contributed by atoms with Gasteiger partial charge in [0.2, 0.25) is 0 Å². The highest BCUT2D eigenvalue weighted by atomic mass is 16.3. The van der Waals surface area contributed by atoms with Gasteiger partial charge in [0.25, 0.3) is 0 Å². The van der Waals surface area contributed by atoms with Gasteiger partial charge in [0.15, 0.2) is 0 Å². The normalized spacial score (nSPS) is 12.0. The zero-order chi connectivity index (χ0) is 28.8. The number of nitrogens with zero attached hydrogens (tertiary/aromatic N) is 2. The van der Waals surface area contributed by atoms with Gasteiger partial charge in [-0.05, 0) is 57.6 Å². The summed E-state index contributed by atoms with van der Waals surface area (Å²) in [4.78, 5) is 0. The van der Waals surface area contributed by atoms with Crippen molar-refractivity contribution in [2.75, 3.05) is 0 Å². The molecular formula is C38H30N2O2. The Labute approximate surface area is 245 Å². The van der Waals surface area contributed by atoms with Crippen LogP contribution in [-0.4, -0.2) is 10.2 Å². The molecule has 204 valence electrons. The van der Waals surface area contributed by atoms with Crippen LogP contribution in [-0.2, 0) is 11.2 Å². The Hall–Kier alpha value is -5.16. The molecule has 0 bridgehead atoms. The third-order valence-electron chi connectivity index (χ3n) is 7.58. The lowest BCUT2D eigenvalue weighted by atomic mass is 9.80. The maximum absolute atomic E-state index is 12.2. The monoisotopic (exact) mass is 546 g/mol. The van der Waals surface area contributed by atoms with Crippen LogP contribution in [0.4, 0.5) is 11.4 Å². The Balaban J connectivity index is 1.37. The standard InChI is InChI=1S/C38H30N2O2/c41-37(29-15-5-1-6-16-29,30-17-7-2-8-18-30)33-23-13-25-35(27-33)39-40-36-26-14-24-34(28-36)38(42,31-19-9-3-10-20-31)32-21-11-4-12-22-32/h1-28,41-42H. The van der Waals surface area contributed by atoms with Crippen molar-refractivity contribution in [2.45, 2.75) is 11.2 Å². The van der Waals surface area contributed by atoms with E-state index in [0.717, 1.165) is 22.3 Å². The molecule has 4 heteroatoms. The first-order chi connectivity index (χ1) is 20.6. The molecule has 42 heavy (non-hydrogen) atoms. The molecule has 0 saturated heterocycles. The summed E-state index contributed by atoms with van der Waals surface area (Å²) < 4.78 is 0. The maximum Gasteiger partial charge on any atom is 0.140 e. The van der Waals surface area contributed by atoms with Crippen molar-refractivity contribution in [1.29, 1.82) is 0 Å². The number of aliphatic hydroxyl groups is 2. The zero-order valence-electron chi connectivity index (χ0n) is 23.0. The van der Waals surface area contributed by atoms with Crippen molar-refractivity contribution < 1.29 is 10.2 Å². The fraction of sp³-hybridized carbons (Fsp3) is 0.0526. The van der Waals surface area contributed by atoms with Crippen molar-refractivity contribution in [1.82, 2.24) is 0 Å². The highest BCUT2D eigenvalue weighted by Gasteiger charge is 2.35. The fourth-order valence-corrected chi connectivity index (χ4v) is 5.42. The summed E-state index contributed by atoms with van der Waals surface area (Å²) in [6.45, 7) is 0. The molecule has 0 aliphatic heterocycles. The number of hydrogen-bond acceptors (Lipinski definition) is 4. The molecule has 4 nitrogen and oxygen atoms in total. The Kier molecular flexibility index (Phi) is 7.56. The third-order valence-corrected chi connectivity index (χ3v) is 7.58. The SMILES string of the molecule is OC(c1ccccc1)(c1ccccc1)c1cccc(N=Nc2cccc(C(O)(c3ccccc3)c3ccccc3)c2)c1. The predicted molar refractivity (Wildman–Crippen MR) is 167 cm³/mol. The van der Waals surface area contributed by atoms with E-state index < -0.39 is 11.2 Å². The van der Waals surface area contributed by atoms with Crippen LogP contribution >= 0.6 is 0 Å². The van der Waals surface area contributed by atoms with E-state index in [-0.39, 0.29) is 0 Å². The van der Waals surface area contributed by atoms with Gasteiger partial charge < -0.3 is 10.2 Å². The Morgan fingerprint density at radius 1 is 0.310 bits per heavy atom. The van der Waals surface area contributed by atoms with Crippen LogP contribution in [0.2, 0.25) is 0 Å². The first-order valence-electron chi connectivity index (χ1n) is 13.9. The van der Waals surface area contributed by atoms with Crippen LogP contribution in [0.3, 0.4) is 0 Å². The molecular weight excluding hydrogens is 516 g/mol. The van der Waals surface area contributed by atoms with Crippen LogP contribution in [0.25, 0.3) is 0 Å². The van der Waals surface area contributed by atoms with Crippen molar-refractivity contribution in [3.8, 4) is 0 Å². The van der Waals surface area contributed by atoms with Gasteiger partial charge in [0, 0.05) is 0 Å². The van der Waals surface area contributed by atoms with E-state index in [1.807, 2.05) is 170 Å². The minimum Gasteiger partial charge on any atom is -0.376 e. The van der Waals surface area contributed by atoms with E-state index in [9.17, 15) is 10.2 Å². The van der Waals surface area contributed by atoms with Crippen LogP contribution < -0.4 is 0 Å². The fourth-order valence-electron chi connectivity index (χ4n) is 5.42. The minimum absolute atomic E-state index is 0.601. The first kappa shape index (κ1) is 27.0. The summed E-state index contributed by atoms with van der Waals surface area (Å²) in [6, 6.07) is 53.5. The van der Waals surface area contributed by atoms with Crippen LogP contribution in [0.5, 0.6) is 0 Å². The summed E-state index contributed by atoms with van der Waals surface area (Å²) in [5, 5.41) is 33.4. The highest BCUT2D eigenvalue weighted by Crippen LogP contribution is 2.39. The molecule has 0 saturated carbocycles. The molecule has 0 aliphatic carbocycles. The van der Waals surface area contributed by atoms with Crippen LogP contribution in [0.1, 0.15) is 33.4 Å². The minimum atomic E-state index is -1.37. The lowest BCUT2D eigenvalue weighted by Crippen LogP contribution is -2.28. The summed E-state index contributed by atoms with van der Waals surface area (Å²) in [6.07, 6.45) is 0. The lowest BCUT2D eigenvalue weighted by Gasteiger charge is -2.30. The molecule has 0 fully saturated rings. The van der Waals surface area contributed by atoms with E-state index in [4.69, 9.17) is 0 Å². The number of benzene rings is 6. The molecule has 0 aliphatic rings. The van der Waals surface area contributed by atoms with Crippen LogP contribution in [0.15, 0.2) is 180 Å². The van der Waals surface area contributed by atoms with Gasteiger partial charge >= 0.3 is 0 Å². The molecule has 0 aromatic heterocycles. The molecule has 0 radical (unpaired) electrons. The third kappa shape index (κ3) is 5.17. The summed E-state index contributed by atoms with van der Waals surface area (Å²) in [7, 11) is 0. The Bertz CT molecular complexity index is 1570. The summed E-state index contributed by atoms with van der Waals surface area (Å²) in [5.74, 6) is 0. The van der Waals surface area contributed by atoms with Crippen LogP contribution in [0, 0.1) is 0 Å². The number of azo groups is 1. The smallest absolute Gasteiger partial charge is 0.140 e. The number of hydrogen-bond donors (Lipinski definition) is 2. The van der Waals surface area contributed by atoms with E-state index in [1.165, 1.54) is 0 Å². The average molecular weight is 547 g/mol. The quantitative estimate of drug-likeness (QED) is 0.148.